The molecule has 0 heterocycles. The fourth-order valence-corrected chi connectivity index (χ4v) is 3.59. The highest BCUT2D eigenvalue weighted by Crippen LogP contribution is 2.34. The van der Waals surface area contributed by atoms with Gasteiger partial charge in [0.1, 0.15) is 12.4 Å². The summed E-state index contributed by atoms with van der Waals surface area (Å²) < 4.78 is 26.2. The fraction of sp³-hybridized carbons (Fsp3) is 0.185. The van der Waals surface area contributed by atoms with Gasteiger partial charge in [-0.05, 0) is 89.0 Å². The summed E-state index contributed by atoms with van der Waals surface area (Å²) in [6.07, 6.45) is 4.05. The molecule has 34 heavy (non-hydrogen) atoms. The third-order valence-corrected chi connectivity index (χ3v) is 5.51. The Morgan fingerprint density at radius 3 is 2.47 bits per heavy atom. The van der Waals surface area contributed by atoms with Crippen molar-refractivity contribution in [1.29, 1.82) is 0 Å². The molecule has 5 nitrogen and oxygen atoms in total. The summed E-state index contributed by atoms with van der Waals surface area (Å²) in [5.41, 5.74) is 5.93. The molecule has 0 atom stereocenters. The minimum absolute atomic E-state index is 0.106. The van der Waals surface area contributed by atoms with Gasteiger partial charge in [0.2, 0.25) is 5.91 Å². The minimum Gasteiger partial charge on any atom is -0.490 e. The molecular formula is C27H26FIN2O3. The molecule has 0 saturated heterocycles. The Morgan fingerprint density at radius 1 is 1.09 bits per heavy atom. The van der Waals surface area contributed by atoms with E-state index in [0.29, 0.717) is 36.7 Å². The smallest absolute Gasteiger partial charge is 0.244 e. The second kappa shape index (κ2) is 12.9. The molecule has 0 radical (unpaired) electrons. The Labute approximate surface area is 212 Å². The first-order valence-electron chi connectivity index (χ1n) is 10.8. The zero-order valence-corrected chi connectivity index (χ0v) is 21.0. The van der Waals surface area contributed by atoms with E-state index in [4.69, 9.17) is 9.47 Å². The molecule has 1 N–H and O–H groups in total. The number of hydrazone groups is 1. The number of amides is 1. The Kier molecular flexibility index (Phi) is 9.63. The number of ether oxygens (including phenoxy) is 2. The normalized spacial score (nSPS) is 10.8. The monoisotopic (exact) mass is 572 g/mol. The van der Waals surface area contributed by atoms with E-state index in [1.807, 2.05) is 43.3 Å². The van der Waals surface area contributed by atoms with Crippen LogP contribution < -0.4 is 14.9 Å². The standard InChI is InChI=1S/C27H26FIN2O3/c1-3-5-22-14-21(17-30-31-26(32)16-19-6-10-23(28)11-7-19)15-25(33-4-2)27(22)34-18-20-8-12-24(29)13-9-20/h3,6-15,17H,1,4-5,16,18H2,2H3,(H,31,32)/b30-17+. The number of halogens is 2. The third-order valence-electron chi connectivity index (χ3n) is 4.80. The number of hydrogen-bond acceptors (Lipinski definition) is 4. The molecule has 0 spiro atoms. The predicted molar refractivity (Wildman–Crippen MR) is 141 cm³/mol. The van der Waals surface area contributed by atoms with E-state index in [-0.39, 0.29) is 18.1 Å². The highest BCUT2D eigenvalue weighted by Gasteiger charge is 2.13. The van der Waals surface area contributed by atoms with Crippen molar-refractivity contribution in [2.75, 3.05) is 6.61 Å². The second-order valence-corrected chi connectivity index (χ2v) is 8.69. The summed E-state index contributed by atoms with van der Waals surface area (Å²) in [4.78, 5) is 12.1. The summed E-state index contributed by atoms with van der Waals surface area (Å²) in [5, 5.41) is 4.07. The van der Waals surface area contributed by atoms with Crippen LogP contribution in [0, 0.1) is 9.39 Å². The highest BCUT2D eigenvalue weighted by molar-refractivity contribution is 14.1. The lowest BCUT2D eigenvalue weighted by Gasteiger charge is -2.17. The molecule has 0 unspecified atom stereocenters. The second-order valence-electron chi connectivity index (χ2n) is 7.44. The first kappa shape index (κ1) is 25.4. The number of hydrogen-bond donors (Lipinski definition) is 1. The van der Waals surface area contributed by atoms with Gasteiger partial charge in [0, 0.05) is 9.13 Å². The van der Waals surface area contributed by atoms with E-state index in [0.717, 1.165) is 20.3 Å². The summed E-state index contributed by atoms with van der Waals surface area (Å²) >= 11 is 2.27. The molecule has 3 aromatic rings. The molecule has 0 saturated carbocycles. The first-order chi connectivity index (χ1) is 16.5. The van der Waals surface area contributed by atoms with Crippen molar-refractivity contribution in [2.24, 2.45) is 5.10 Å². The van der Waals surface area contributed by atoms with Crippen LogP contribution in [-0.4, -0.2) is 18.7 Å². The van der Waals surface area contributed by atoms with Gasteiger partial charge in [0.25, 0.3) is 0 Å². The van der Waals surface area contributed by atoms with Gasteiger partial charge < -0.3 is 9.47 Å². The number of allylic oxidation sites excluding steroid dienone is 1. The molecule has 3 rings (SSSR count). The Hall–Kier alpha value is -3.20. The largest absolute Gasteiger partial charge is 0.490 e. The molecule has 1 amide bonds. The van der Waals surface area contributed by atoms with Crippen LogP contribution in [0.15, 0.2) is 78.4 Å². The van der Waals surface area contributed by atoms with Gasteiger partial charge in [-0.15, -0.1) is 6.58 Å². The molecular weight excluding hydrogens is 546 g/mol. The van der Waals surface area contributed by atoms with Gasteiger partial charge in [-0.1, -0.05) is 30.3 Å². The third kappa shape index (κ3) is 7.69. The average Bonchev–Trinajstić information content (AvgIpc) is 2.81. The van der Waals surface area contributed by atoms with E-state index in [1.165, 1.54) is 12.1 Å². The zero-order valence-electron chi connectivity index (χ0n) is 18.9. The number of benzene rings is 3. The van der Waals surface area contributed by atoms with E-state index >= 15 is 0 Å². The summed E-state index contributed by atoms with van der Waals surface area (Å²) in [7, 11) is 0. The number of carbonyl (C=O) groups is 1. The van der Waals surface area contributed by atoms with Crippen molar-refractivity contribution < 1.29 is 18.7 Å². The van der Waals surface area contributed by atoms with Crippen LogP contribution in [0.2, 0.25) is 0 Å². The summed E-state index contributed by atoms with van der Waals surface area (Å²) in [5.74, 6) is 0.634. The van der Waals surface area contributed by atoms with Crippen molar-refractivity contribution >= 4 is 34.7 Å². The van der Waals surface area contributed by atoms with Crippen molar-refractivity contribution in [3.8, 4) is 11.5 Å². The van der Waals surface area contributed by atoms with Crippen LogP contribution >= 0.6 is 22.6 Å². The zero-order chi connectivity index (χ0) is 24.3. The molecule has 3 aromatic carbocycles. The number of nitrogens with zero attached hydrogens (tertiary/aromatic N) is 1. The highest BCUT2D eigenvalue weighted by atomic mass is 127. The van der Waals surface area contributed by atoms with E-state index in [1.54, 1.807) is 24.4 Å². The lowest BCUT2D eigenvalue weighted by molar-refractivity contribution is -0.120. The van der Waals surface area contributed by atoms with Crippen LogP contribution in [0.4, 0.5) is 4.39 Å². The predicted octanol–water partition coefficient (Wildman–Crippen LogP) is 5.83. The Bertz CT molecular complexity index is 1150. The molecule has 0 aliphatic rings. The molecule has 0 fully saturated rings. The van der Waals surface area contributed by atoms with Crippen LogP contribution in [0.1, 0.15) is 29.2 Å². The van der Waals surface area contributed by atoms with E-state index < -0.39 is 0 Å². The maximum atomic E-state index is 13.0. The molecule has 0 aliphatic carbocycles. The molecule has 0 aromatic heterocycles. The van der Waals surface area contributed by atoms with Crippen molar-refractivity contribution in [1.82, 2.24) is 5.43 Å². The van der Waals surface area contributed by atoms with Gasteiger partial charge >= 0.3 is 0 Å². The number of rotatable bonds is 11. The molecule has 0 aliphatic heterocycles. The van der Waals surface area contributed by atoms with E-state index in [2.05, 4.69) is 39.7 Å². The Balaban J connectivity index is 1.73. The van der Waals surface area contributed by atoms with Crippen LogP contribution in [0.3, 0.4) is 0 Å². The van der Waals surface area contributed by atoms with E-state index in [9.17, 15) is 9.18 Å². The summed E-state index contributed by atoms with van der Waals surface area (Å²) in [6.45, 7) is 6.64. The van der Waals surface area contributed by atoms with Gasteiger partial charge in [0.15, 0.2) is 11.5 Å². The van der Waals surface area contributed by atoms with Crippen LogP contribution in [-0.2, 0) is 24.2 Å². The fourth-order valence-electron chi connectivity index (χ4n) is 3.23. The number of carbonyl (C=O) groups excluding carboxylic acids is 1. The van der Waals surface area contributed by atoms with Gasteiger partial charge in [0.05, 0.1) is 19.2 Å². The molecule has 0 bridgehead atoms. The van der Waals surface area contributed by atoms with Gasteiger partial charge in [-0.25, -0.2) is 9.82 Å². The topological polar surface area (TPSA) is 59.9 Å². The molecule has 7 heteroatoms. The van der Waals surface area contributed by atoms with Gasteiger partial charge in [-0.2, -0.15) is 5.10 Å². The quantitative estimate of drug-likeness (QED) is 0.136. The summed E-state index contributed by atoms with van der Waals surface area (Å²) in [6, 6.07) is 17.7. The lowest BCUT2D eigenvalue weighted by atomic mass is 10.1. The maximum absolute atomic E-state index is 13.0. The minimum atomic E-state index is -0.339. The number of nitrogens with one attached hydrogen (secondary N) is 1. The maximum Gasteiger partial charge on any atom is 0.244 e. The van der Waals surface area contributed by atoms with Crippen LogP contribution in [0.25, 0.3) is 0 Å². The van der Waals surface area contributed by atoms with Crippen LogP contribution in [0.5, 0.6) is 11.5 Å². The van der Waals surface area contributed by atoms with Crippen molar-refractivity contribution in [3.63, 3.8) is 0 Å². The van der Waals surface area contributed by atoms with Crippen molar-refractivity contribution in [2.45, 2.75) is 26.4 Å². The SMILES string of the molecule is C=CCc1cc(/C=N/NC(=O)Cc2ccc(F)cc2)cc(OCC)c1OCc1ccc(I)cc1. The average molecular weight is 572 g/mol. The lowest BCUT2D eigenvalue weighted by Crippen LogP contribution is -2.19. The first-order valence-corrected chi connectivity index (χ1v) is 11.9. The van der Waals surface area contributed by atoms with Crippen molar-refractivity contribution in [3.05, 3.63) is 105 Å². The van der Waals surface area contributed by atoms with Gasteiger partial charge in [-0.3, -0.25) is 4.79 Å². The molecule has 176 valence electrons. The Morgan fingerprint density at radius 2 is 1.79 bits per heavy atom.